The Bertz CT molecular complexity index is 361. The molecule has 0 amide bonds. The number of ketones is 1. The monoisotopic (exact) mass is 221 g/mol. The average molecular weight is 221 g/mol. The average Bonchev–Trinajstić information content (AvgIpc) is 2.28. The van der Waals surface area contributed by atoms with E-state index in [0.29, 0.717) is 19.7 Å². The molecule has 1 aromatic carbocycles. The number of hydrogen-bond donors (Lipinski definition) is 1. The van der Waals surface area contributed by atoms with Crippen molar-refractivity contribution in [2.45, 2.75) is 13.8 Å². The molecule has 16 heavy (non-hydrogen) atoms. The molecule has 0 bridgehead atoms. The summed E-state index contributed by atoms with van der Waals surface area (Å²) in [4.78, 5) is 11.8. The van der Waals surface area contributed by atoms with Crippen LogP contribution in [0.25, 0.3) is 0 Å². The van der Waals surface area contributed by atoms with Crippen molar-refractivity contribution in [3.63, 3.8) is 0 Å². The highest BCUT2D eigenvalue weighted by Crippen LogP contribution is 2.09. The Kier molecular flexibility index (Phi) is 5.15. The largest absolute Gasteiger partial charge is 0.383 e. The highest BCUT2D eigenvalue weighted by atomic mass is 16.5. The summed E-state index contributed by atoms with van der Waals surface area (Å²) in [6.07, 6.45) is 0. The number of rotatable bonds is 6. The number of Topliss-reactive ketones (excluding diaryl/α,β-unsaturated/α-hetero) is 1. The lowest BCUT2D eigenvalue weighted by Gasteiger charge is -2.05. The van der Waals surface area contributed by atoms with Crippen LogP contribution in [-0.2, 0) is 4.74 Å². The molecule has 88 valence electrons. The van der Waals surface area contributed by atoms with Gasteiger partial charge in [-0.1, -0.05) is 12.1 Å². The van der Waals surface area contributed by atoms with Crippen molar-refractivity contribution in [1.29, 1.82) is 0 Å². The number of hydrogen-bond acceptors (Lipinski definition) is 3. The third kappa shape index (κ3) is 3.76. The van der Waals surface area contributed by atoms with E-state index in [2.05, 4.69) is 5.32 Å². The fourth-order valence-corrected chi connectivity index (χ4v) is 1.39. The fourth-order valence-electron chi connectivity index (χ4n) is 1.39. The molecule has 1 rings (SSSR count). The molecule has 1 N–H and O–H groups in total. The molecule has 0 saturated carbocycles. The number of aryl methyl sites for hydroxylation is 2. The molecule has 0 unspecified atom stereocenters. The Morgan fingerprint density at radius 1 is 1.31 bits per heavy atom. The van der Waals surface area contributed by atoms with Gasteiger partial charge in [-0.15, -0.1) is 0 Å². The van der Waals surface area contributed by atoms with E-state index in [9.17, 15) is 4.79 Å². The molecular formula is C13H19NO2. The van der Waals surface area contributed by atoms with Crippen LogP contribution >= 0.6 is 0 Å². The zero-order valence-corrected chi connectivity index (χ0v) is 10.2. The lowest BCUT2D eigenvalue weighted by molar-refractivity contribution is 0.0987. The van der Waals surface area contributed by atoms with Gasteiger partial charge in [-0.3, -0.25) is 4.79 Å². The van der Waals surface area contributed by atoms with E-state index in [-0.39, 0.29) is 5.78 Å². The van der Waals surface area contributed by atoms with Crippen LogP contribution in [0, 0.1) is 13.8 Å². The van der Waals surface area contributed by atoms with E-state index < -0.39 is 0 Å². The Hall–Kier alpha value is -1.19. The predicted octanol–water partition coefficient (Wildman–Crippen LogP) is 1.72. The van der Waals surface area contributed by atoms with E-state index in [1.54, 1.807) is 7.11 Å². The van der Waals surface area contributed by atoms with Crippen molar-refractivity contribution < 1.29 is 9.53 Å². The van der Waals surface area contributed by atoms with Crippen molar-refractivity contribution in [3.05, 3.63) is 34.9 Å². The molecule has 0 radical (unpaired) electrons. The number of methoxy groups -OCH3 is 1. The molecule has 0 aliphatic rings. The van der Waals surface area contributed by atoms with Crippen LogP contribution in [0.5, 0.6) is 0 Å². The maximum absolute atomic E-state index is 11.8. The van der Waals surface area contributed by atoms with Crippen molar-refractivity contribution >= 4 is 5.78 Å². The lowest BCUT2D eigenvalue weighted by atomic mass is 10.0. The van der Waals surface area contributed by atoms with Gasteiger partial charge in [-0.25, -0.2) is 0 Å². The summed E-state index contributed by atoms with van der Waals surface area (Å²) in [5.41, 5.74) is 3.14. The second kappa shape index (κ2) is 6.40. The van der Waals surface area contributed by atoms with Gasteiger partial charge in [-0.2, -0.15) is 0 Å². The Morgan fingerprint density at radius 2 is 2.06 bits per heavy atom. The molecule has 1 aromatic rings. The maximum atomic E-state index is 11.8. The molecule has 0 heterocycles. The Labute approximate surface area is 96.8 Å². The second-order valence-corrected chi connectivity index (χ2v) is 3.89. The number of ether oxygens (including phenoxy) is 1. The van der Waals surface area contributed by atoms with Crippen molar-refractivity contribution in [3.8, 4) is 0 Å². The minimum absolute atomic E-state index is 0.124. The molecule has 0 aromatic heterocycles. The molecule has 3 heteroatoms. The van der Waals surface area contributed by atoms with E-state index in [1.165, 1.54) is 5.56 Å². The zero-order valence-electron chi connectivity index (χ0n) is 10.2. The first kappa shape index (κ1) is 12.9. The van der Waals surface area contributed by atoms with E-state index >= 15 is 0 Å². The topological polar surface area (TPSA) is 38.3 Å². The van der Waals surface area contributed by atoms with Crippen molar-refractivity contribution in [1.82, 2.24) is 5.32 Å². The number of carbonyl (C=O) groups is 1. The van der Waals surface area contributed by atoms with Gasteiger partial charge in [0.05, 0.1) is 13.2 Å². The minimum Gasteiger partial charge on any atom is -0.383 e. The standard InChI is InChI=1S/C13H19NO2/c1-10-4-5-12(8-11(10)2)13(15)9-14-6-7-16-3/h4-5,8,14H,6-7,9H2,1-3H3. The van der Waals surface area contributed by atoms with Gasteiger partial charge in [0.25, 0.3) is 0 Å². The molecule has 0 fully saturated rings. The molecule has 0 saturated heterocycles. The van der Waals surface area contributed by atoms with E-state index in [1.807, 2.05) is 32.0 Å². The van der Waals surface area contributed by atoms with Gasteiger partial charge >= 0.3 is 0 Å². The van der Waals surface area contributed by atoms with Gasteiger partial charge in [0.2, 0.25) is 0 Å². The summed E-state index contributed by atoms with van der Waals surface area (Å²) in [6, 6.07) is 5.80. The van der Waals surface area contributed by atoms with Crippen LogP contribution in [0.3, 0.4) is 0 Å². The molecule has 3 nitrogen and oxygen atoms in total. The lowest BCUT2D eigenvalue weighted by Crippen LogP contribution is -2.26. The van der Waals surface area contributed by atoms with Crippen LogP contribution in [-0.4, -0.2) is 32.6 Å². The fraction of sp³-hybridized carbons (Fsp3) is 0.462. The van der Waals surface area contributed by atoms with Crippen molar-refractivity contribution in [2.75, 3.05) is 26.8 Å². The molecule has 0 aliphatic carbocycles. The smallest absolute Gasteiger partial charge is 0.176 e. The summed E-state index contributed by atoms with van der Waals surface area (Å²) in [5.74, 6) is 0.124. The number of nitrogens with one attached hydrogen (secondary N) is 1. The van der Waals surface area contributed by atoms with Gasteiger partial charge in [-0.05, 0) is 31.0 Å². The summed E-state index contributed by atoms with van der Waals surface area (Å²) in [5, 5.41) is 3.04. The SMILES string of the molecule is COCCNCC(=O)c1ccc(C)c(C)c1. The van der Waals surface area contributed by atoms with Gasteiger partial charge in [0.1, 0.15) is 0 Å². The first-order valence-electron chi connectivity index (χ1n) is 5.45. The van der Waals surface area contributed by atoms with Gasteiger partial charge in [0.15, 0.2) is 5.78 Å². The number of benzene rings is 1. The molecule has 0 spiro atoms. The normalized spacial score (nSPS) is 10.4. The quantitative estimate of drug-likeness (QED) is 0.587. The van der Waals surface area contributed by atoms with Crippen molar-refractivity contribution in [2.24, 2.45) is 0 Å². The second-order valence-electron chi connectivity index (χ2n) is 3.89. The van der Waals surface area contributed by atoms with Crippen LogP contribution in [0.2, 0.25) is 0 Å². The minimum atomic E-state index is 0.124. The summed E-state index contributed by atoms with van der Waals surface area (Å²) in [6.45, 7) is 5.75. The van der Waals surface area contributed by atoms with Gasteiger partial charge in [0, 0.05) is 19.2 Å². The summed E-state index contributed by atoms with van der Waals surface area (Å²) in [7, 11) is 1.65. The van der Waals surface area contributed by atoms with Crippen LogP contribution < -0.4 is 5.32 Å². The van der Waals surface area contributed by atoms with Gasteiger partial charge < -0.3 is 10.1 Å². The predicted molar refractivity (Wildman–Crippen MR) is 65.0 cm³/mol. The molecular weight excluding hydrogens is 202 g/mol. The highest BCUT2D eigenvalue weighted by molar-refractivity contribution is 5.97. The first-order valence-corrected chi connectivity index (χ1v) is 5.45. The first-order chi connectivity index (χ1) is 7.65. The summed E-state index contributed by atoms with van der Waals surface area (Å²) >= 11 is 0. The summed E-state index contributed by atoms with van der Waals surface area (Å²) < 4.78 is 4.89. The Balaban J connectivity index is 2.50. The maximum Gasteiger partial charge on any atom is 0.176 e. The third-order valence-corrected chi connectivity index (χ3v) is 2.60. The van der Waals surface area contributed by atoms with Crippen LogP contribution in [0.4, 0.5) is 0 Å². The zero-order chi connectivity index (χ0) is 12.0. The Morgan fingerprint density at radius 3 is 2.69 bits per heavy atom. The number of carbonyl (C=O) groups excluding carboxylic acids is 1. The van der Waals surface area contributed by atoms with Crippen LogP contribution in [0.15, 0.2) is 18.2 Å². The highest BCUT2D eigenvalue weighted by Gasteiger charge is 2.05. The van der Waals surface area contributed by atoms with E-state index in [4.69, 9.17) is 4.74 Å². The van der Waals surface area contributed by atoms with E-state index in [0.717, 1.165) is 11.1 Å². The van der Waals surface area contributed by atoms with Crippen LogP contribution in [0.1, 0.15) is 21.5 Å². The molecule has 0 atom stereocenters. The molecule has 0 aliphatic heterocycles. The third-order valence-electron chi connectivity index (χ3n) is 2.60.